The number of benzene rings is 1. The summed E-state index contributed by atoms with van der Waals surface area (Å²) in [4.78, 5) is 12.0. The number of rotatable bonds is 6. The summed E-state index contributed by atoms with van der Waals surface area (Å²) in [5, 5.41) is 2.64. The lowest BCUT2D eigenvalue weighted by Gasteiger charge is -2.20. The van der Waals surface area contributed by atoms with E-state index in [2.05, 4.69) is 25.2 Å². The molecule has 1 aliphatic rings. The van der Waals surface area contributed by atoms with Gasteiger partial charge >= 0.3 is 0 Å². The van der Waals surface area contributed by atoms with E-state index in [-0.39, 0.29) is 5.91 Å². The molecular formula is C19H25NO3. The van der Waals surface area contributed by atoms with E-state index in [1.165, 1.54) is 18.3 Å². The van der Waals surface area contributed by atoms with Crippen molar-refractivity contribution in [2.45, 2.75) is 39.4 Å². The van der Waals surface area contributed by atoms with Gasteiger partial charge in [-0.05, 0) is 49.5 Å². The molecule has 0 heterocycles. The van der Waals surface area contributed by atoms with Gasteiger partial charge in [0, 0.05) is 14.2 Å². The zero-order valence-corrected chi connectivity index (χ0v) is 14.3. The quantitative estimate of drug-likeness (QED) is 0.871. The molecule has 2 rings (SSSR count). The van der Waals surface area contributed by atoms with Gasteiger partial charge in [-0.1, -0.05) is 29.8 Å². The van der Waals surface area contributed by atoms with Crippen molar-refractivity contribution >= 4 is 5.91 Å². The number of methoxy groups -OCH3 is 1. The second-order valence-corrected chi connectivity index (χ2v) is 5.85. The van der Waals surface area contributed by atoms with Crippen LogP contribution in [0.5, 0.6) is 0 Å². The van der Waals surface area contributed by atoms with Gasteiger partial charge in [0.05, 0.1) is 0 Å². The van der Waals surface area contributed by atoms with Crippen molar-refractivity contribution in [3.8, 4) is 0 Å². The van der Waals surface area contributed by atoms with E-state index in [1.54, 1.807) is 7.05 Å². The van der Waals surface area contributed by atoms with Gasteiger partial charge in [-0.15, -0.1) is 0 Å². The number of carbonyl (C=O) groups excluding carboxylic acids is 1. The Labute approximate surface area is 138 Å². The molecular weight excluding hydrogens is 290 g/mol. The number of nitrogens with one attached hydrogen (secondary N) is 1. The van der Waals surface area contributed by atoms with E-state index in [0.29, 0.717) is 6.61 Å². The van der Waals surface area contributed by atoms with Crippen LogP contribution in [-0.4, -0.2) is 20.1 Å². The molecule has 1 atom stereocenters. The van der Waals surface area contributed by atoms with Crippen molar-refractivity contribution < 1.29 is 14.3 Å². The van der Waals surface area contributed by atoms with Gasteiger partial charge in [0.15, 0.2) is 6.10 Å². The van der Waals surface area contributed by atoms with Crippen LogP contribution >= 0.6 is 0 Å². The van der Waals surface area contributed by atoms with Gasteiger partial charge in [0.25, 0.3) is 5.91 Å². The monoisotopic (exact) mass is 315 g/mol. The molecule has 23 heavy (non-hydrogen) atoms. The summed E-state index contributed by atoms with van der Waals surface area (Å²) in [5.41, 5.74) is 4.39. The smallest absolute Gasteiger partial charge is 0.253 e. The fourth-order valence-electron chi connectivity index (χ4n) is 2.68. The van der Waals surface area contributed by atoms with Crippen LogP contribution in [-0.2, 0) is 20.9 Å². The van der Waals surface area contributed by atoms with Gasteiger partial charge in [0.1, 0.15) is 12.4 Å². The van der Waals surface area contributed by atoms with Crippen molar-refractivity contribution in [2.24, 2.45) is 0 Å². The first-order chi connectivity index (χ1) is 11.1. The van der Waals surface area contributed by atoms with Crippen molar-refractivity contribution in [1.82, 2.24) is 5.32 Å². The van der Waals surface area contributed by atoms with E-state index < -0.39 is 6.10 Å². The molecule has 124 valence electrons. The minimum Gasteiger partial charge on any atom is -0.489 e. The maximum atomic E-state index is 12.0. The maximum Gasteiger partial charge on any atom is 0.253 e. The zero-order chi connectivity index (χ0) is 16.8. The molecule has 1 amide bonds. The lowest BCUT2D eigenvalue weighted by atomic mass is 9.99. The number of carbonyl (C=O) groups is 1. The van der Waals surface area contributed by atoms with E-state index in [4.69, 9.17) is 9.47 Å². The highest BCUT2D eigenvalue weighted by Gasteiger charge is 2.22. The Morgan fingerprint density at radius 2 is 2.00 bits per heavy atom. The predicted molar refractivity (Wildman–Crippen MR) is 90.7 cm³/mol. The summed E-state index contributed by atoms with van der Waals surface area (Å²) in [6, 6.07) is 7.73. The Bertz CT molecular complexity index is 631. The highest BCUT2D eigenvalue weighted by molar-refractivity contribution is 5.82. The number of ether oxygens (including phenoxy) is 2. The second kappa shape index (κ2) is 7.97. The highest BCUT2D eigenvalue weighted by atomic mass is 16.5. The van der Waals surface area contributed by atoms with Crippen LogP contribution in [0.15, 0.2) is 47.2 Å². The van der Waals surface area contributed by atoms with Crippen LogP contribution in [0, 0.1) is 0 Å². The third-order valence-electron chi connectivity index (χ3n) is 4.13. The van der Waals surface area contributed by atoms with E-state index >= 15 is 0 Å². The SMILES string of the molecule is CNC(=O)C(OC)c1ccccc1COC1=C(C)CCC(C)=C1. The largest absolute Gasteiger partial charge is 0.489 e. The molecule has 0 fully saturated rings. The Morgan fingerprint density at radius 1 is 1.26 bits per heavy atom. The van der Waals surface area contributed by atoms with Crippen molar-refractivity contribution in [2.75, 3.05) is 14.2 Å². The number of likely N-dealkylation sites (N-methyl/N-ethyl adjacent to an activating group) is 1. The van der Waals surface area contributed by atoms with E-state index in [1.807, 2.05) is 24.3 Å². The molecule has 4 heteroatoms. The zero-order valence-electron chi connectivity index (χ0n) is 14.3. The van der Waals surface area contributed by atoms with Crippen LogP contribution in [0.3, 0.4) is 0 Å². The molecule has 4 nitrogen and oxygen atoms in total. The average Bonchev–Trinajstić information content (AvgIpc) is 2.57. The molecule has 1 unspecified atom stereocenters. The number of hydrogen-bond donors (Lipinski definition) is 1. The summed E-state index contributed by atoms with van der Waals surface area (Å²) in [7, 11) is 3.15. The Hall–Kier alpha value is -2.07. The molecule has 0 radical (unpaired) electrons. The maximum absolute atomic E-state index is 12.0. The summed E-state index contributed by atoms with van der Waals surface area (Å²) in [6.45, 7) is 4.65. The third-order valence-corrected chi connectivity index (χ3v) is 4.13. The average molecular weight is 315 g/mol. The minimum atomic E-state index is -0.626. The normalized spacial score (nSPS) is 15.9. The van der Waals surface area contributed by atoms with Gasteiger partial charge in [0.2, 0.25) is 0 Å². The van der Waals surface area contributed by atoms with E-state index in [9.17, 15) is 4.79 Å². The standard InChI is InChI=1S/C19H25NO3/c1-13-9-10-14(2)17(11-13)23-12-15-7-5-6-8-16(15)18(22-4)19(21)20-3/h5-8,11,18H,9-10,12H2,1-4H3,(H,20,21). The summed E-state index contributed by atoms with van der Waals surface area (Å²) in [6.07, 6.45) is 3.61. The lowest BCUT2D eigenvalue weighted by Crippen LogP contribution is -2.27. The Balaban J connectivity index is 2.19. The van der Waals surface area contributed by atoms with Crippen LogP contribution in [0.2, 0.25) is 0 Å². The van der Waals surface area contributed by atoms with Gasteiger partial charge < -0.3 is 14.8 Å². The molecule has 0 saturated heterocycles. The second-order valence-electron chi connectivity index (χ2n) is 5.85. The highest BCUT2D eigenvalue weighted by Crippen LogP contribution is 2.27. The van der Waals surface area contributed by atoms with Crippen molar-refractivity contribution in [1.29, 1.82) is 0 Å². The van der Waals surface area contributed by atoms with E-state index in [0.717, 1.165) is 29.7 Å². The Morgan fingerprint density at radius 3 is 2.70 bits per heavy atom. The van der Waals surface area contributed by atoms with Crippen molar-refractivity contribution in [3.63, 3.8) is 0 Å². The first kappa shape index (κ1) is 17.3. The first-order valence-electron chi connectivity index (χ1n) is 7.88. The summed E-state index contributed by atoms with van der Waals surface area (Å²) >= 11 is 0. The number of allylic oxidation sites excluding steroid dienone is 3. The van der Waals surface area contributed by atoms with Crippen LogP contribution in [0.25, 0.3) is 0 Å². The summed E-state index contributed by atoms with van der Waals surface area (Å²) < 4.78 is 11.4. The minimum absolute atomic E-state index is 0.163. The molecule has 1 aliphatic carbocycles. The van der Waals surface area contributed by atoms with Gasteiger partial charge in [-0.3, -0.25) is 4.79 Å². The number of hydrogen-bond acceptors (Lipinski definition) is 3. The molecule has 1 aromatic rings. The molecule has 1 aromatic carbocycles. The van der Waals surface area contributed by atoms with Crippen molar-refractivity contribution in [3.05, 3.63) is 58.4 Å². The molecule has 0 bridgehead atoms. The topological polar surface area (TPSA) is 47.6 Å². The predicted octanol–water partition coefficient (Wildman–Crippen LogP) is 3.65. The molecule has 1 N–H and O–H groups in total. The first-order valence-corrected chi connectivity index (χ1v) is 7.88. The fraction of sp³-hybridized carbons (Fsp3) is 0.421. The lowest BCUT2D eigenvalue weighted by molar-refractivity contribution is -0.130. The van der Waals surface area contributed by atoms with Gasteiger partial charge in [-0.25, -0.2) is 0 Å². The van der Waals surface area contributed by atoms with Crippen LogP contribution < -0.4 is 5.32 Å². The van der Waals surface area contributed by atoms with Gasteiger partial charge in [-0.2, -0.15) is 0 Å². The molecule has 0 saturated carbocycles. The van der Waals surface area contributed by atoms with Crippen LogP contribution in [0.4, 0.5) is 0 Å². The molecule has 0 spiro atoms. The molecule has 0 aliphatic heterocycles. The number of amides is 1. The third kappa shape index (κ3) is 4.23. The fourth-order valence-corrected chi connectivity index (χ4v) is 2.68. The summed E-state index contributed by atoms with van der Waals surface area (Å²) in [5.74, 6) is 0.779. The van der Waals surface area contributed by atoms with Crippen LogP contribution in [0.1, 0.15) is 43.9 Å². The molecule has 0 aromatic heterocycles. The Kier molecular flexibility index (Phi) is 5.99.